The fourth-order valence-corrected chi connectivity index (χ4v) is 3.04. The van der Waals surface area contributed by atoms with E-state index in [-0.39, 0.29) is 16.7 Å². The third-order valence-electron chi connectivity index (χ3n) is 4.47. The zero-order valence-corrected chi connectivity index (χ0v) is 15.1. The smallest absolute Gasteiger partial charge is 0.367 e. The van der Waals surface area contributed by atoms with Gasteiger partial charge in [0.25, 0.3) is 11.8 Å². The van der Waals surface area contributed by atoms with E-state index in [0.717, 1.165) is 0 Å². The molecule has 28 heavy (non-hydrogen) atoms. The van der Waals surface area contributed by atoms with E-state index in [9.17, 15) is 14.4 Å². The number of benzene rings is 2. The topological polar surface area (TPSA) is 90.7 Å². The Bertz CT molecular complexity index is 1080. The summed E-state index contributed by atoms with van der Waals surface area (Å²) in [6, 6.07) is 13.5. The Balaban J connectivity index is 1.62. The molecule has 8 nitrogen and oxygen atoms in total. The number of nitrogens with zero attached hydrogens (tertiary/aromatic N) is 3. The van der Waals surface area contributed by atoms with Gasteiger partial charge in [0.05, 0.1) is 30.1 Å². The summed E-state index contributed by atoms with van der Waals surface area (Å²) < 4.78 is 6.85. The van der Waals surface area contributed by atoms with Crippen molar-refractivity contribution in [1.29, 1.82) is 0 Å². The Morgan fingerprint density at radius 2 is 1.57 bits per heavy atom. The van der Waals surface area contributed by atoms with Crippen molar-refractivity contribution in [2.75, 3.05) is 7.11 Å². The van der Waals surface area contributed by atoms with Gasteiger partial charge in [-0.25, -0.2) is 9.48 Å². The average molecular weight is 377 g/mol. The largest absolute Gasteiger partial charge is 0.494 e. The molecule has 0 N–H and O–H groups in total. The van der Waals surface area contributed by atoms with Gasteiger partial charge >= 0.3 is 5.97 Å². The first-order chi connectivity index (χ1) is 13.5. The Morgan fingerprint density at radius 3 is 2.21 bits per heavy atom. The number of carbonyl (C=O) groups is 3. The van der Waals surface area contributed by atoms with Crippen molar-refractivity contribution >= 4 is 17.8 Å². The minimum atomic E-state index is -0.854. The molecule has 0 spiro atoms. The molecule has 2 amide bonds. The number of hydrogen-bond acceptors (Lipinski definition) is 6. The third-order valence-corrected chi connectivity index (χ3v) is 4.47. The second-order valence-electron chi connectivity index (χ2n) is 6.06. The van der Waals surface area contributed by atoms with Gasteiger partial charge in [-0.1, -0.05) is 29.3 Å². The summed E-state index contributed by atoms with van der Waals surface area (Å²) in [6.45, 7) is 1.68. The Labute approximate surface area is 159 Å². The molecule has 0 atom stereocenters. The zero-order valence-electron chi connectivity index (χ0n) is 15.1. The fourth-order valence-electron chi connectivity index (χ4n) is 3.04. The maximum Gasteiger partial charge on any atom is 0.367 e. The molecular formula is C20H15N3O5. The van der Waals surface area contributed by atoms with Gasteiger partial charge in [0, 0.05) is 0 Å². The summed E-state index contributed by atoms with van der Waals surface area (Å²) in [5.74, 6) is -1.63. The summed E-state index contributed by atoms with van der Waals surface area (Å²) in [4.78, 5) is 42.4. The van der Waals surface area contributed by atoms with E-state index in [1.807, 2.05) is 12.1 Å². The molecule has 0 unspecified atom stereocenters. The number of fused-ring (bicyclic) bond motifs is 1. The van der Waals surface area contributed by atoms with Crippen molar-refractivity contribution in [3.05, 3.63) is 77.1 Å². The summed E-state index contributed by atoms with van der Waals surface area (Å²) in [5, 5.41) is 4.69. The molecule has 0 saturated heterocycles. The van der Waals surface area contributed by atoms with Crippen LogP contribution in [0.1, 0.15) is 36.8 Å². The van der Waals surface area contributed by atoms with E-state index < -0.39 is 17.8 Å². The van der Waals surface area contributed by atoms with E-state index >= 15 is 0 Å². The number of rotatable bonds is 4. The summed E-state index contributed by atoms with van der Waals surface area (Å²) >= 11 is 0. The number of ether oxygens (including phenoxy) is 1. The normalized spacial score (nSPS) is 12.9. The van der Waals surface area contributed by atoms with Crippen molar-refractivity contribution in [3.63, 3.8) is 0 Å². The zero-order chi connectivity index (χ0) is 19.8. The maximum atomic E-state index is 12.6. The number of aromatic nitrogens is 2. The predicted octanol–water partition coefficient (Wildman–Crippen LogP) is 2.56. The summed E-state index contributed by atoms with van der Waals surface area (Å²) in [5.41, 5.74) is 1.64. The van der Waals surface area contributed by atoms with E-state index in [1.165, 1.54) is 30.1 Å². The Morgan fingerprint density at radius 1 is 0.964 bits per heavy atom. The molecular weight excluding hydrogens is 362 g/mol. The van der Waals surface area contributed by atoms with E-state index in [4.69, 9.17) is 9.57 Å². The van der Waals surface area contributed by atoms with Gasteiger partial charge in [0.1, 0.15) is 17.0 Å². The van der Waals surface area contributed by atoms with Gasteiger partial charge in [0.2, 0.25) is 0 Å². The fraction of sp³-hybridized carbons (Fsp3) is 0.100. The van der Waals surface area contributed by atoms with Crippen LogP contribution in [0.25, 0.3) is 5.69 Å². The monoisotopic (exact) mass is 377 g/mol. The number of imide groups is 1. The average Bonchev–Trinajstić information content (AvgIpc) is 3.21. The van der Waals surface area contributed by atoms with Gasteiger partial charge < -0.3 is 9.57 Å². The highest BCUT2D eigenvalue weighted by Gasteiger charge is 2.39. The molecule has 140 valence electrons. The van der Waals surface area contributed by atoms with Gasteiger partial charge in [-0.2, -0.15) is 5.10 Å². The molecule has 1 aliphatic rings. The van der Waals surface area contributed by atoms with Crippen molar-refractivity contribution in [2.24, 2.45) is 0 Å². The van der Waals surface area contributed by atoms with Crippen LogP contribution in [0.5, 0.6) is 5.75 Å². The second-order valence-corrected chi connectivity index (χ2v) is 6.06. The van der Waals surface area contributed by atoms with Gasteiger partial charge in [-0.15, -0.1) is 0 Å². The highest BCUT2D eigenvalue weighted by atomic mass is 16.7. The lowest BCUT2D eigenvalue weighted by atomic mass is 10.1. The predicted molar refractivity (Wildman–Crippen MR) is 97.2 cm³/mol. The molecule has 4 rings (SSSR count). The van der Waals surface area contributed by atoms with Crippen LogP contribution in [-0.2, 0) is 4.84 Å². The molecule has 0 radical (unpaired) electrons. The van der Waals surface area contributed by atoms with E-state index in [1.54, 1.807) is 31.2 Å². The molecule has 2 aromatic carbocycles. The van der Waals surface area contributed by atoms with Gasteiger partial charge in [0.15, 0.2) is 0 Å². The van der Waals surface area contributed by atoms with Crippen molar-refractivity contribution in [1.82, 2.24) is 14.8 Å². The lowest BCUT2D eigenvalue weighted by molar-refractivity contribution is -0.0585. The molecule has 0 saturated carbocycles. The molecule has 8 heteroatoms. The van der Waals surface area contributed by atoms with Crippen LogP contribution >= 0.6 is 0 Å². The molecule has 3 aromatic rings. The van der Waals surface area contributed by atoms with Crippen molar-refractivity contribution < 1.29 is 24.0 Å². The van der Waals surface area contributed by atoms with Crippen molar-refractivity contribution in [2.45, 2.75) is 6.92 Å². The molecule has 1 aromatic heterocycles. The molecule has 0 fully saturated rings. The summed E-state index contributed by atoms with van der Waals surface area (Å²) in [7, 11) is 1.54. The number of hydrogen-bond donors (Lipinski definition) is 0. The highest BCUT2D eigenvalue weighted by Crippen LogP contribution is 2.26. The van der Waals surface area contributed by atoms with Crippen LogP contribution in [0.15, 0.2) is 54.7 Å². The highest BCUT2D eigenvalue weighted by molar-refractivity contribution is 6.21. The minimum absolute atomic E-state index is 0.127. The number of para-hydroxylation sites is 2. The lowest BCUT2D eigenvalue weighted by Gasteiger charge is -2.13. The first-order valence-electron chi connectivity index (χ1n) is 8.41. The SMILES string of the molecule is COc1ccccc1-n1ncc(C(=O)ON2C(=O)c3ccccc3C2=O)c1C. The minimum Gasteiger partial charge on any atom is -0.494 e. The first-order valence-corrected chi connectivity index (χ1v) is 8.41. The number of carbonyl (C=O) groups excluding carboxylic acids is 3. The van der Waals surface area contributed by atoms with Crippen LogP contribution < -0.4 is 4.74 Å². The number of amides is 2. The third kappa shape index (κ3) is 2.62. The number of methoxy groups -OCH3 is 1. The molecule has 1 aliphatic heterocycles. The summed E-state index contributed by atoms with van der Waals surface area (Å²) in [6.07, 6.45) is 1.32. The molecule has 0 aliphatic carbocycles. The molecule has 2 heterocycles. The van der Waals surface area contributed by atoms with Crippen LogP contribution in [0, 0.1) is 6.92 Å². The van der Waals surface area contributed by atoms with E-state index in [0.29, 0.717) is 22.2 Å². The lowest BCUT2D eigenvalue weighted by Crippen LogP contribution is -2.32. The van der Waals surface area contributed by atoms with Gasteiger partial charge in [-0.3, -0.25) is 9.59 Å². The maximum absolute atomic E-state index is 12.6. The van der Waals surface area contributed by atoms with E-state index in [2.05, 4.69) is 5.10 Å². The van der Waals surface area contributed by atoms with Gasteiger partial charge in [-0.05, 0) is 31.2 Å². The Kier molecular flexibility index (Phi) is 4.15. The van der Waals surface area contributed by atoms with Crippen molar-refractivity contribution in [3.8, 4) is 11.4 Å². The van der Waals surface area contributed by atoms with Crippen LogP contribution in [0.3, 0.4) is 0 Å². The van der Waals surface area contributed by atoms with Crippen LogP contribution in [0.2, 0.25) is 0 Å². The first kappa shape index (κ1) is 17.5. The van der Waals surface area contributed by atoms with Crippen LogP contribution in [0.4, 0.5) is 0 Å². The Hall–Kier alpha value is -3.94. The standard InChI is InChI=1S/C20H15N3O5/c1-12-15(11-21-22(12)16-9-5-6-10-17(16)27-2)20(26)28-23-18(24)13-7-3-4-8-14(13)19(23)25/h3-11H,1-2H3. The number of hydroxylamine groups is 2. The second kappa shape index (κ2) is 6.66. The quantitative estimate of drug-likeness (QED) is 0.649. The molecule has 0 bridgehead atoms. The van der Waals surface area contributed by atoms with Crippen LogP contribution in [-0.4, -0.2) is 39.7 Å².